The lowest BCUT2D eigenvalue weighted by molar-refractivity contribution is 0.0452. The predicted molar refractivity (Wildman–Crippen MR) is 128 cm³/mol. The van der Waals surface area contributed by atoms with E-state index >= 15 is 0 Å². The molecule has 0 heterocycles. The van der Waals surface area contributed by atoms with Gasteiger partial charge in [0.2, 0.25) is 0 Å². The molecule has 1 N–H and O–H groups in total. The first-order valence-electron chi connectivity index (χ1n) is 11.2. The Labute approximate surface area is 197 Å². The molecule has 2 unspecified atom stereocenters. The van der Waals surface area contributed by atoms with E-state index in [1.165, 1.54) is 0 Å². The predicted octanol–water partition coefficient (Wildman–Crippen LogP) is 4.93. The third kappa shape index (κ3) is 12.7. The molecule has 0 spiro atoms. The summed E-state index contributed by atoms with van der Waals surface area (Å²) >= 11 is 0. The zero-order chi connectivity index (χ0) is 24.7. The Morgan fingerprint density at radius 3 is 1.22 bits per heavy atom. The molecule has 186 valence electrons. The van der Waals surface area contributed by atoms with Gasteiger partial charge in [-0.1, -0.05) is 0 Å². The third-order valence-electron chi connectivity index (χ3n) is 4.08. The highest BCUT2D eigenvalue weighted by atomic mass is 31.2. The lowest BCUT2D eigenvalue weighted by Gasteiger charge is -2.36. The first kappa shape index (κ1) is 31.6. The molecule has 9 nitrogen and oxygen atoms in total. The molecule has 0 saturated carbocycles. The van der Waals surface area contributed by atoms with E-state index < -0.39 is 23.2 Å². The van der Waals surface area contributed by atoms with E-state index in [9.17, 15) is 5.11 Å². The molecule has 0 aliphatic rings. The van der Waals surface area contributed by atoms with Gasteiger partial charge in [-0.2, -0.15) is 10.5 Å². The molecule has 32 heavy (non-hydrogen) atoms. The highest BCUT2D eigenvalue weighted by Crippen LogP contribution is 2.47. The molecule has 0 aromatic carbocycles. The van der Waals surface area contributed by atoms with Crippen molar-refractivity contribution in [1.29, 1.82) is 10.5 Å². The van der Waals surface area contributed by atoms with Crippen LogP contribution in [0.25, 0.3) is 0 Å². The van der Waals surface area contributed by atoms with E-state index in [0.717, 1.165) is 0 Å². The largest absolute Gasteiger partial charge is 0.388 e. The second-order valence-electron chi connectivity index (χ2n) is 8.34. The van der Waals surface area contributed by atoms with Crippen LogP contribution in [0.15, 0.2) is 0 Å². The molecule has 11 heteroatoms. The van der Waals surface area contributed by atoms with Crippen LogP contribution in [0.4, 0.5) is 0 Å². The Hall–Kier alpha value is -0.440. The maximum atomic E-state index is 10.5. The normalized spacial score (nSPS) is 15.0. The number of hydrogen-bond donors (Lipinski definition) is 1. The van der Waals surface area contributed by atoms with Gasteiger partial charge < -0.3 is 23.2 Å². The van der Waals surface area contributed by atoms with Crippen LogP contribution >= 0.6 is 17.1 Å². The first-order chi connectivity index (χ1) is 15.1. The number of hydrogen-bond acceptors (Lipinski definition) is 9. The standard InChI is InChI=1S/C21H42N4O5P2/c1-17(2)24(18(3)4)31(27-13-9-11-22)29-15-21(26)16-30-32(28-14-10-12-23)25(19(5)6)20(7)8/h17-21,26H,9-10,13-16H2,1-8H3. The molecular weight excluding hydrogens is 450 g/mol. The molecule has 2 atom stereocenters. The summed E-state index contributed by atoms with van der Waals surface area (Å²) in [6.07, 6.45) is -0.309. The summed E-state index contributed by atoms with van der Waals surface area (Å²) in [6, 6.07) is 4.88. The second kappa shape index (κ2) is 18.0. The van der Waals surface area contributed by atoms with E-state index in [0.29, 0.717) is 0 Å². The van der Waals surface area contributed by atoms with Gasteiger partial charge in [0.25, 0.3) is 17.1 Å². The zero-order valence-electron chi connectivity index (χ0n) is 20.9. The van der Waals surface area contributed by atoms with Crippen molar-refractivity contribution < 1.29 is 23.2 Å². The summed E-state index contributed by atoms with van der Waals surface area (Å²) in [5, 5.41) is 28.1. The number of nitrogens with zero attached hydrogens (tertiary/aromatic N) is 4. The zero-order valence-corrected chi connectivity index (χ0v) is 22.7. The van der Waals surface area contributed by atoms with Gasteiger partial charge in [-0.05, 0) is 55.4 Å². The van der Waals surface area contributed by atoms with Crippen LogP contribution in [0.2, 0.25) is 0 Å². The van der Waals surface area contributed by atoms with E-state index in [2.05, 4.69) is 76.9 Å². The van der Waals surface area contributed by atoms with Gasteiger partial charge in [-0.3, -0.25) is 0 Å². The number of aliphatic hydroxyl groups excluding tert-OH is 1. The molecular formula is C21H42N4O5P2. The quantitative estimate of drug-likeness (QED) is 0.210. The van der Waals surface area contributed by atoms with E-state index in [-0.39, 0.29) is 63.4 Å². The van der Waals surface area contributed by atoms with Crippen LogP contribution in [0, 0.1) is 22.7 Å². The molecule has 0 rings (SSSR count). The van der Waals surface area contributed by atoms with E-state index in [4.69, 9.17) is 28.6 Å². The second-order valence-corrected chi connectivity index (χ2v) is 11.2. The van der Waals surface area contributed by atoms with Crippen molar-refractivity contribution in [3.63, 3.8) is 0 Å². The summed E-state index contributed by atoms with van der Waals surface area (Å²) in [7, 11) is -2.85. The maximum absolute atomic E-state index is 10.5. The first-order valence-corrected chi connectivity index (χ1v) is 13.4. The molecule has 0 aromatic rings. The van der Waals surface area contributed by atoms with Gasteiger partial charge in [-0.25, -0.2) is 9.34 Å². The summed E-state index contributed by atoms with van der Waals surface area (Å²) < 4.78 is 27.8. The average molecular weight is 493 g/mol. The molecule has 0 fully saturated rings. The van der Waals surface area contributed by atoms with Crippen molar-refractivity contribution in [1.82, 2.24) is 9.34 Å². The lowest BCUT2D eigenvalue weighted by atomic mass is 10.3. The van der Waals surface area contributed by atoms with Crippen molar-refractivity contribution in [2.75, 3.05) is 26.4 Å². The Kier molecular flexibility index (Phi) is 17.7. The Bertz CT molecular complexity index is 505. The van der Waals surface area contributed by atoms with Gasteiger partial charge in [0.15, 0.2) is 0 Å². The maximum Gasteiger partial charge on any atom is 0.259 e. The lowest BCUT2D eigenvalue weighted by Crippen LogP contribution is -2.35. The van der Waals surface area contributed by atoms with Gasteiger partial charge in [0.05, 0.1) is 51.4 Å². The minimum absolute atomic E-state index is 0.0406. The van der Waals surface area contributed by atoms with Gasteiger partial charge in [0, 0.05) is 24.2 Å². The van der Waals surface area contributed by atoms with Crippen LogP contribution in [0.5, 0.6) is 0 Å². The molecule has 0 radical (unpaired) electrons. The Morgan fingerprint density at radius 1 is 0.656 bits per heavy atom. The van der Waals surface area contributed by atoms with Crippen LogP contribution in [0.1, 0.15) is 68.2 Å². The fourth-order valence-corrected chi connectivity index (χ4v) is 6.26. The third-order valence-corrected chi connectivity index (χ3v) is 8.23. The smallest absolute Gasteiger partial charge is 0.259 e. The van der Waals surface area contributed by atoms with Crippen LogP contribution < -0.4 is 0 Å². The minimum atomic E-state index is -1.42. The molecule has 0 aliphatic carbocycles. The highest BCUT2D eigenvalue weighted by molar-refractivity contribution is 7.44. The van der Waals surface area contributed by atoms with E-state index in [1.54, 1.807) is 0 Å². The number of nitriles is 2. The van der Waals surface area contributed by atoms with Crippen molar-refractivity contribution >= 4 is 17.1 Å². The molecule has 0 bridgehead atoms. The fourth-order valence-electron chi connectivity index (χ4n) is 2.97. The molecule has 0 aromatic heterocycles. The van der Waals surface area contributed by atoms with Crippen LogP contribution in [-0.4, -0.2) is 71.1 Å². The summed E-state index contributed by atoms with van der Waals surface area (Å²) in [6.45, 7) is 17.1. The van der Waals surface area contributed by atoms with Crippen molar-refractivity contribution in [3.8, 4) is 12.1 Å². The van der Waals surface area contributed by atoms with Crippen molar-refractivity contribution in [2.24, 2.45) is 0 Å². The van der Waals surface area contributed by atoms with Crippen molar-refractivity contribution in [2.45, 2.75) is 98.5 Å². The monoisotopic (exact) mass is 492 g/mol. The van der Waals surface area contributed by atoms with Crippen LogP contribution in [-0.2, 0) is 18.1 Å². The van der Waals surface area contributed by atoms with Crippen molar-refractivity contribution in [3.05, 3.63) is 0 Å². The van der Waals surface area contributed by atoms with Gasteiger partial charge in [-0.15, -0.1) is 0 Å². The van der Waals surface area contributed by atoms with Crippen LogP contribution in [0.3, 0.4) is 0 Å². The minimum Gasteiger partial charge on any atom is -0.388 e. The fraction of sp³-hybridized carbons (Fsp3) is 0.905. The molecule has 0 saturated heterocycles. The summed E-state index contributed by atoms with van der Waals surface area (Å²) in [4.78, 5) is 0. The van der Waals surface area contributed by atoms with Gasteiger partial charge >= 0.3 is 0 Å². The topological polar surface area (TPSA) is 111 Å². The van der Waals surface area contributed by atoms with E-state index in [1.807, 2.05) is 0 Å². The summed E-state index contributed by atoms with van der Waals surface area (Å²) in [5.74, 6) is 0. The van der Waals surface area contributed by atoms with Gasteiger partial charge in [0.1, 0.15) is 6.10 Å². The molecule has 0 aliphatic heterocycles. The Balaban J connectivity index is 5.03. The SMILES string of the molecule is CC(C)N(C(C)C)P(OCCC#N)OCC(O)COP(OCCC#N)N(C(C)C)C(C)C. The summed E-state index contributed by atoms with van der Waals surface area (Å²) in [5.41, 5.74) is 0. The Morgan fingerprint density at radius 2 is 0.969 bits per heavy atom. The average Bonchev–Trinajstić information content (AvgIpc) is 2.68. The number of aliphatic hydroxyl groups is 1. The molecule has 0 amide bonds. The highest BCUT2D eigenvalue weighted by Gasteiger charge is 2.30. The number of rotatable bonds is 18.